The lowest BCUT2D eigenvalue weighted by atomic mass is 9.74. The summed E-state index contributed by atoms with van der Waals surface area (Å²) in [6.45, 7) is 1.65. The molecule has 0 saturated carbocycles. The molecule has 5 heteroatoms. The van der Waals surface area contributed by atoms with Crippen LogP contribution in [-0.4, -0.2) is 34.1 Å². The molecule has 0 unspecified atom stereocenters. The first kappa shape index (κ1) is 14.2. The van der Waals surface area contributed by atoms with Crippen LogP contribution in [0.2, 0.25) is 0 Å². The van der Waals surface area contributed by atoms with E-state index in [1.165, 1.54) is 23.7 Å². The van der Waals surface area contributed by atoms with Crippen molar-refractivity contribution in [2.45, 2.75) is 31.1 Å². The molecule has 1 aliphatic heterocycles. The highest BCUT2D eigenvalue weighted by Crippen LogP contribution is 2.46. The fourth-order valence-electron chi connectivity index (χ4n) is 4.14. The Hall–Kier alpha value is -2.43. The second kappa shape index (κ2) is 5.33. The van der Waals surface area contributed by atoms with E-state index >= 15 is 0 Å². The lowest BCUT2D eigenvalue weighted by molar-refractivity contribution is 0.0690. The van der Waals surface area contributed by atoms with Gasteiger partial charge in [0.25, 0.3) is 0 Å². The average molecular weight is 309 g/mol. The number of rotatable bonds is 2. The third-order valence-corrected chi connectivity index (χ3v) is 5.36. The Labute approximate surface area is 135 Å². The first-order chi connectivity index (χ1) is 11.2. The van der Waals surface area contributed by atoms with Gasteiger partial charge in [-0.25, -0.2) is 14.8 Å². The molecular weight excluding hydrogens is 290 g/mol. The zero-order valence-corrected chi connectivity index (χ0v) is 12.9. The summed E-state index contributed by atoms with van der Waals surface area (Å²) in [4.78, 5) is 21.7. The van der Waals surface area contributed by atoms with Crippen molar-refractivity contribution < 1.29 is 9.90 Å². The van der Waals surface area contributed by atoms with E-state index in [1.54, 1.807) is 6.20 Å². The monoisotopic (exact) mass is 309 g/mol. The van der Waals surface area contributed by atoms with Crippen LogP contribution < -0.4 is 4.90 Å². The molecule has 2 aliphatic rings. The third kappa shape index (κ3) is 2.27. The number of carboxylic acids is 1. The van der Waals surface area contributed by atoms with Crippen LogP contribution in [0.25, 0.3) is 0 Å². The Morgan fingerprint density at radius 2 is 1.83 bits per heavy atom. The van der Waals surface area contributed by atoms with Crippen LogP contribution in [0.15, 0.2) is 36.7 Å². The molecule has 1 aromatic heterocycles. The van der Waals surface area contributed by atoms with Gasteiger partial charge in [0.05, 0.1) is 0 Å². The number of aromatic carboxylic acids is 1. The standard InChI is InChI=1S/C18H19N3O2/c22-17(23)15-16(20-10-9-19-15)21-11-7-18(8-12-21)6-5-13-3-1-2-4-14(13)18/h1-4,9-10H,5-8,11-12H2,(H,22,23). The first-order valence-electron chi connectivity index (χ1n) is 8.07. The van der Waals surface area contributed by atoms with Crippen LogP contribution in [0, 0.1) is 0 Å². The highest BCUT2D eigenvalue weighted by atomic mass is 16.4. The van der Waals surface area contributed by atoms with Gasteiger partial charge in [0, 0.05) is 25.5 Å². The number of benzene rings is 1. The Bertz CT molecular complexity index is 751. The van der Waals surface area contributed by atoms with Crippen molar-refractivity contribution >= 4 is 11.8 Å². The fraction of sp³-hybridized carbons (Fsp3) is 0.389. The van der Waals surface area contributed by atoms with Crippen LogP contribution in [0.1, 0.15) is 40.9 Å². The van der Waals surface area contributed by atoms with Gasteiger partial charge in [-0.05, 0) is 42.2 Å². The highest BCUT2D eigenvalue weighted by Gasteiger charge is 2.41. The van der Waals surface area contributed by atoms with Gasteiger partial charge in [-0.2, -0.15) is 0 Å². The van der Waals surface area contributed by atoms with Crippen molar-refractivity contribution in [2.24, 2.45) is 0 Å². The van der Waals surface area contributed by atoms with E-state index < -0.39 is 5.97 Å². The molecule has 0 amide bonds. The molecule has 1 aliphatic carbocycles. The number of hydrogen-bond donors (Lipinski definition) is 1. The van der Waals surface area contributed by atoms with Crippen molar-refractivity contribution in [3.63, 3.8) is 0 Å². The van der Waals surface area contributed by atoms with Gasteiger partial charge in [-0.3, -0.25) is 0 Å². The molecule has 4 rings (SSSR count). The van der Waals surface area contributed by atoms with E-state index in [-0.39, 0.29) is 11.1 Å². The number of aryl methyl sites for hydroxylation is 1. The molecule has 0 atom stereocenters. The second-order valence-corrected chi connectivity index (χ2v) is 6.46. The molecule has 1 saturated heterocycles. The summed E-state index contributed by atoms with van der Waals surface area (Å²) in [7, 11) is 0. The first-order valence-corrected chi connectivity index (χ1v) is 8.07. The minimum absolute atomic E-state index is 0.0512. The van der Waals surface area contributed by atoms with Gasteiger partial charge in [-0.1, -0.05) is 24.3 Å². The van der Waals surface area contributed by atoms with Crippen LogP contribution in [0.5, 0.6) is 0 Å². The van der Waals surface area contributed by atoms with Crippen LogP contribution in [0.4, 0.5) is 5.82 Å². The lowest BCUT2D eigenvalue weighted by Gasteiger charge is -2.40. The number of hydrogen-bond acceptors (Lipinski definition) is 4. The zero-order chi connectivity index (χ0) is 15.9. The molecule has 1 spiro atoms. The maximum absolute atomic E-state index is 11.3. The molecule has 5 nitrogen and oxygen atoms in total. The second-order valence-electron chi connectivity index (χ2n) is 6.46. The Balaban J connectivity index is 1.58. The van der Waals surface area contributed by atoms with Gasteiger partial charge in [-0.15, -0.1) is 0 Å². The molecule has 1 N–H and O–H groups in total. The third-order valence-electron chi connectivity index (χ3n) is 5.36. The normalized spacial score (nSPS) is 18.9. The number of aromatic nitrogens is 2. The van der Waals surface area contributed by atoms with Crippen molar-refractivity contribution in [3.05, 3.63) is 53.5 Å². The number of piperidine rings is 1. The summed E-state index contributed by atoms with van der Waals surface area (Å²) in [6, 6.07) is 8.75. The average Bonchev–Trinajstić information content (AvgIpc) is 2.95. The van der Waals surface area contributed by atoms with E-state index in [1.807, 2.05) is 0 Å². The van der Waals surface area contributed by atoms with E-state index in [2.05, 4.69) is 39.1 Å². The molecule has 23 heavy (non-hydrogen) atoms. The maximum atomic E-state index is 11.3. The molecule has 118 valence electrons. The van der Waals surface area contributed by atoms with Crippen molar-refractivity contribution in [3.8, 4) is 0 Å². The van der Waals surface area contributed by atoms with Gasteiger partial charge < -0.3 is 10.0 Å². The van der Waals surface area contributed by atoms with Gasteiger partial charge >= 0.3 is 5.97 Å². The van der Waals surface area contributed by atoms with Gasteiger partial charge in [0.1, 0.15) is 0 Å². The number of nitrogens with zero attached hydrogens (tertiary/aromatic N) is 3. The summed E-state index contributed by atoms with van der Waals surface area (Å²) >= 11 is 0. The molecule has 0 bridgehead atoms. The maximum Gasteiger partial charge on any atom is 0.358 e. The lowest BCUT2D eigenvalue weighted by Crippen LogP contribution is -2.42. The largest absolute Gasteiger partial charge is 0.476 e. The minimum Gasteiger partial charge on any atom is -0.476 e. The van der Waals surface area contributed by atoms with Crippen LogP contribution in [0.3, 0.4) is 0 Å². The molecule has 1 aromatic carbocycles. The van der Waals surface area contributed by atoms with Gasteiger partial charge in [0.2, 0.25) is 0 Å². The van der Waals surface area contributed by atoms with Crippen molar-refractivity contribution in [1.29, 1.82) is 0 Å². The summed E-state index contributed by atoms with van der Waals surface area (Å²) in [5.74, 6) is -0.513. The van der Waals surface area contributed by atoms with Gasteiger partial charge in [0.15, 0.2) is 11.5 Å². The number of anilines is 1. The Morgan fingerprint density at radius 1 is 1.09 bits per heavy atom. The molecule has 2 aromatic rings. The van der Waals surface area contributed by atoms with E-state index in [9.17, 15) is 9.90 Å². The Kier molecular flexibility index (Phi) is 3.29. The van der Waals surface area contributed by atoms with Crippen molar-refractivity contribution in [2.75, 3.05) is 18.0 Å². The molecule has 0 radical (unpaired) electrons. The van der Waals surface area contributed by atoms with Crippen LogP contribution in [-0.2, 0) is 11.8 Å². The SMILES string of the molecule is O=C(O)c1nccnc1N1CCC2(CCc3ccccc32)CC1. The van der Waals surface area contributed by atoms with E-state index in [0.29, 0.717) is 5.82 Å². The number of carboxylic acid groups (broad SMARTS) is 1. The van der Waals surface area contributed by atoms with Crippen LogP contribution >= 0.6 is 0 Å². The smallest absolute Gasteiger partial charge is 0.358 e. The highest BCUT2D eigenvalue weighted by molar-refractivity contribution is 5.90. The predicted octanol–water partition coefficient (Wildman–Crippen LogP) is 2.66. The summed E-state index contributed by atoms with van der Waals surface area (Å²) < 4.78 is 0. The number of fused-ring (bicyclic) bond motifs is 2. The van der Waals surface area contributed by atoms with E-state index in [4.69, 9.17) is 0 Å². The summed E-state index contributed by atoms with van der Waals surface area (Å²) in [5, 5.41) is 9.30. The topological polar surface area (TPSA) is 66.3 Å². The summed E-state index contributed by atoms with van der Waals surface area (Å²) in [5.41, 5.74) is 3.29. The molecule has 1 fully saturated rings. The Morgan fingerprint density at radius 3 is 2.61 bits per heavy atom. The van der Waals surface area contributed by atoms with E-state index in [0.717, 1.165) is 32.4 Å². The quantitative estimate of drug-likeness (QED) is 0.924. The minimum atomic E-state index is -1.01. The summed E-state index contributed by atoms with van der Waals surface area (Å²) in [6.07, 6.45) is 7.44. The zero-order valence-electron chi connectivity index (χ0n) is 12.9. The molecular formula is C18H19N3O2. The predicted molar refractivity (Wildman–Crippen MR) is 86.9 cm³/mol. The number of carbonyl (C=O) groups is 1. The fourth-order valence-corrected chi connectivity index (χ4v) is 4.14. The van der Waals surface area contributed by atoms with Crippen molar-refractivity contribution in [1.82, 2.24) is 9.97 Å². The molecule has 2 heterocycles.